The van der Waals surface area contributed by atoms with Crippen LogP contribution in [0.3, 0.4) is 0 Å². The molecule has 1 aromatic heterocycles. The average Bonchev–Trinajstić information content (AvgIpc) is 2.92. The number of nitrogens with one attached hydrogen (secondary N) is 1. The molecule has 102 valence electrons. The van der Waals surface area contributed by atoms with Gasteiger partial charge >= 0.3 is 0 Å². The SMILES string of the molecule is CC(/C=N\NC(=O)Cc1cccs1)=C/c1ccccc1. The molecule has 0 fully saturated rings. The summed E-state index contributed by atoms with van der Waals surface area (Å²) in [4.78, 5) is 12.6. The molecular weight excluding hydrogens is 268 g/mol. The van der Waals surface area contributed by atoms with Crippen molar-refractivity contribution >= 4 is 29.5 Å². The number of benzene rings is 1. The van der Waals surface area contributed by atoms with Crippen molar-refractivity contribution in [2.75, 3.05) is 0 Å². The number of nitrogens with zero attached hydrogens (tertiary/aromatic N) is 1. The molecule has 0 aliphatic carbocycles. The summed E-state index contributed by atoms with van der Waals surface area (Å²) in [5.74, 6) is -0.101. The molecular formula is C16H16N2OS. The predicted octanol–water partition coefficient (Wildman–Crippen LogP) is 3.50. The number of thiophene rings is 1. The van der Waals surface area contributed by atoms with Crippen LogP contribution in [0.2, 0.25) is 0 Å². The van der Waals surface area contributed by atoms with Crippen LogP contribution in [0.1, 0.15) is 17.4 Å². The average molecular weight is 284 g/mol. The highest BCUT2D eigenvalue weighted by Crippen LogP contribution is 2.08. The zero-order valence-electron chi connectivity index (χ0n) is 11.2. The van der Waals surface area contributed by atoms with Crippen LogP contribution in [-0.2, 0) is 11.2 Å². The summed E-state index contributed by atoms with van der Waals surface area (Å²) < 4.78 is 0. The first-order chi connectivity index (χ1) is 9.74. The molecule has 1 N–H and O–H groups in total. The maximum Gasteiger partial charge on any atom is 0.245 e. The smallest absolute Gasteiger partial charge is 0.245 e. The zero-order chi connectivity index (χ0) is 14.2. The highest BCUT2D eigenvalue weighted by Gasteiger charge is 2.01. The van der Waals surface area contributed by atoms with E-state index >= 15 is 0 Å². The van der Waals surface area contributed by atoms with Crippen molar-refractivity contribution in [1.29, 1.82) is 0 Å². The summed E-state index contributed by atoms with van der Waals surface area (Å²) in [5.41, 5.74) is 4.63. The van der Waals surface area contributed by atoms with Gasteiger partial charge in [-0.3, -0.25) is 4.79 Å². The van der Waals surface area contributed by atoms with E-state index in [1.165, 1.54) is 0 Å². The minimum absolute atomic E-state index is 0.101. The highest BCUT2D eigenvalue weighted by atomic mass is 32.1. The van der Waals surface area contributed by atoms with Crippen LogP contribution in [0, 0.1) is 0 Å². The third-order valence-corrected chi connectivity index (χ3v) is 3.44. The van der Waals surface area contributed by atoms with Crippen LogP contribution in [-0.4, -0.2) is 12.1 Å². The van der Waals surface area contributed by atoms with Gasteiger partial charge in [0.2, 0.25) is 5.91 Å². The maximum atomic E-state index is 11.6. The van der Waals surface area contributed by atoms with Crippen molar-refractivity contribution in [1.82, 2.24) is 5.43 Å². The molecule has 2 aromatic rings. The molecule has 1 heterocycles. The van der Waals surface area contributed by atoms with Gasteiger partial charge in [0.05, 0.1) is 12.6 Å². The van der Waals surface area contributed by atoms with Crippen molar-refractivity contribution in [3.8, 4) is 0 Å². The lowest BCUT2D eigenvalue weighted by Crippen LogP contribution is -2.19. The van der Waals surface area contributed by atoms with Crippen molar-refractivity contribution in [2.24, 2.45) is 5.10 Å². The van der Waals surface area contributed by atoms with E-state index in [0.717, 1.165) is 16.0 Å². The number of hydrogen-bond donors (Lipinski definition) is 1. The van der Waals surface area contributed by atoms with E-state index in [-0.39, 0.29) is 5.91 Å². The Bertz CT molecular complexity index is 601. The molecule has 0 unspecified atom stereocenters. The highest BCUT2D eigenvalue weighted by molar-refractivity contribution is 7.10. The number of hydrogen-bond acceptors (Lipinski definition) is 3. The summed E-state index contributed by atoms with van der Waals surface area (Å²) >= 11 is 1.57. The van der Waals surface area contributed by atoms with Crippen molar-refractivity contribution in [3.63, 3.8) is 0 Å². The van der Waals surface area contributed by atoms with Crippen LogP contribution in [0.25, 0.3) is 6.08 Å². The summed E-state index contributed by atoms with van der Waals surface area (Å²) in [6, 6.07) is 13.9. The van der Waals surface area contributed by atoms with E-state index in [9.17, 15) is 4.79 Å². The van der Waals surface area contributed by atoms with E-state index in [1.807, 2.05) is 60.8 Å². The molecule has 0 saturated carbocycles. The van der Waals surface area contributed by atoms with Gasteiger partial charge in [0, 0.05) is 4.88 Å². The number of hydrazone groups is 1. The number of amides is 1. The summed E-state index contributed by atoms with van der Waals surface area (Å²) in [6.45, 7) is 1.95. The summed E-state index contributed by atoms with van der Waals surface area (Å²) in [7, 11) is 0. The Hall–Kier alpha value is -2.20. The topological polar surface area (TPSA) is 41.5 Å². The molecule has 4 heteroatoms. The molecule has 2 rings (SSSR count). The largest absolute Gasteiger partial charge is 0.273 e. The van der Waals surface area contributed by atoms with Crippen molar-refractivity contribution in [2.45, 2.75) is 13.3 Å². The predicted molar refractivity (Wildman–Crippen MR) is 84.8 cm³/mol. The van der Waals surface area contributed by atoms with E-state index in [0.29, 0.717) is 6.42 Å². The first-order valence-corrected chi connectivity index (χ1v) is 7.19. The monoisotopic (exact) mass is 284 g/mol. The van der Waals surface area contributed by atoms with Gasteiger partial charge in [0.25, 0.3) is 0 Å². The molecule has 0 radical (unpaired) electrons. The maximum absolute atomic E-state index is 11.6. The van der Waals surface area contributed by atoms with Crippen LogP contribution in [0.15, 0.2) is 58.5 Å². The van der Waals surface area contributed by atoms with Gasteiger partial charge in [-0.1, -0.05) is 42.5 Å². The van der Waals surface area contributed by atoms with E-state index < -0.39 is 0 Å². The Morgan fingerprint density at radius 1 is 1.25 bits per heavy atom. The van der Waals surface area contributed by atoms with Gasteiger partial charge < -0.3 is 0 Å². The summed E-state index contributed by atoms with van der Waals surface area (Å²) in [6.07, 6.45) is 4.03. The molecule has 1 amide bonds. The van der Waals surface area contributed by atoms with Gasteiger partial charge in [-0.25, -0.2) is 5.43 Å². The molecule has 0 saturated heterocycles. The van der Waals surface area contributed by atoms with E-state index in [1.54, 1.807) is 17.6 Å². The molecule has 0 spiro atoms. The number of allylic oxidation sites excluding steroid dienone is 1. The van der Waals surface area contributed by atoms with Gasteiger partial charge in [-0.05, 0) is 29.5 Å². The van der Waals surface area contributed by atoms with E-state index in [2.05, 4.69) is 10.5 Å². The normalized spacial score (nSPS) is 11.8. The Balaban J connectivity index is 1.84. The molecule has 0 aliphatic rings. The molecule has 20 heavy (non-hydrogen) atoms. The minimum atomic E-state index is -0.101. The van der Waals surface area contributed by atoms with Gasteiger partial charge in [-0.2, -0.15) is 5.10 Å². The fourth-order valence-electron chi connectivity index (χ4n) is 1.67. The van der Waals surface area contributed by atoms with Gasteiger partial charge in [0.1, 0.15) is 0 Å². The van der Waals surface area contributed by atoms with Crippen molar-refractivity contribution < 1.29 is 4.79 Å². The molecule has 0 atom stereocenters. The lowest BCUT2D eigenvalue weighted by Gasteiger charge is -1.98. The summed E-state index contributed by atoms with van der Waals surface area (Å²) in [5, 5.41) is 5.92. The second-order valence-corrected chi connectivity index (χ2v) is 5.38. The standard InChI is InChI=1S/C16H16N2OS/c1-13(10-14-6-3-2-4-7-14)12-17-18-16(19)11-15-8-5-9-20-15/h2-10,12H,11H2,1H3,(H,18,19)/b13-10-,17-12-. The Morgan fingerprint density at radius 2 is 2.05 bits per heavy atom. The van der Waals surface area contributed by atoms with Gasteiger partial charge in [-0.15, -0.1) is 11.3 Å². The van der Waals surface area contributed by atoms with E-state index in [4.69, 9.17) is 0 Å². The first kappa shape index (κ1) is 14.2. The lowest BCUT2D eigenvalue weighted by atomic mass is 10.1. The van der Waals surface area contributed by atoms with Crippen molar-refractivity contribution in [3.05, 3.63) is 63.9 Å². The lowest BCUT2D eigenvalue weighted by molar-refractivity contribution is -0.120. The second kappa shape index (κ2) is 7.40. The molecule has 1 aromatic carbocycles. The zero-order valence-corrected chi connectivity index (χ0v) is 12.1. The fraction of sp³-hybridized carbons (Fsp3) is 0.125. The molecule has 0 bridgehead atoms. The Kier molecular flexibility index (Phi) is 5.26. The number of carbonyl (C=O) groups excluding carboxylic acids is 1. The van der Waals surface area contributed by atoms with Crippen LogP contribution >= 0.6 is 11.3 Å². The molecule has 0 aliphatic heterocycles. The van der Waals surface area contributed by atoms with Gasteiger partial charge in [0.15, 0.2) is 0 Å². The number of carbonyl (C=O) groups is 1. The minimum Gasteiger partial charge on any atom is -0.273 e. The third-order valence-electron chi connectivity index (χ3n) is 2.57. The third kappa shape index (κ3) is 4.82. The molecule has 3 nitrogen and oxygen atoms in total. The first-order valence-electron chi connectivity index (χ1n) is 6.31. The van der Waals surface area contributed by atoms with Crippen LogP contribution in [0.5, 0.6) is 0 Å². The fourth-order valence-corrected chi connectivity index (χ4v) is 2.37. The van der Waals surface area contributed by atoms with Crippen LogP contribution in [0.4, 0.5) is 0 Å². The Labute approximate surface area is 122 Å². The van der Waals surface area contributed by atoms with Crippen LogP contribution < -0.4 is 5.43 Å². The number of rotatable bonds is 5. The Morgan fingerprint density at radius 3 is 2.75 bits per heavy atom. The quantitative estimate of drug-likeness (QED) is 0.662. The second-order valence-electron chi connectivity index (χ2n) is 4.35.